The van der Waals surface area contributed by atoms with E-state index >= 15 is 0 Å². The van der Waals surface area contributed by atoms with Gasteiger partial charge in [-0.25, -0.2) is 4.79 Å². The molecule has 4 aliphatic rings. The van der Waals surface area contributed by atoms with Crippen LogP contribution < -0.4 is 0 Å². The van der Waals surface area contributed by atoms with Gasteiger partial charge >= 0.3 is 5.97 Å². The van der Waals surface area contributed by atoms with E-state index in [1.807, 2.05) is 0 Å². The summed E-state index contributed by atoms with van der Waals surface area (Å²) < 4.78 is 17.0. The van der Waals surface area contributed by atoms with E-state index < -0.39 is 61.1 Å². The number of fused-ring (bicyclic) bond motifs is 3. The molecule has 0 aromatic heterocycles. The number of aliphatic hydroxyl groups excluding tert-OH is 4. The molecule has 30 heavy (non-hydrogen) atoms. The fourth-order valence-corrected chi connectivity index (χ4v) is 5.44. The molecule has 0 aromatic carbocycles. The second-order valence-corrected chi connectivity index (χ2v) is 9.09. The van der Waals surface area contributed by atoms with Crippen LogP contribution in [0.4, 0.5) is 0 Å². The summed E-state index contributed by atoms with van der Waals surface area (Å²) >= 11 is 0. The van der Waals surface area contributed by atoms with Crippen molar-refractivity contribution in [3.05, 3.63) is 24.3 Å². The number of carbonyl (C=O) groups excluding carboxylic acids is 1. The Labute approximate surface area is 174 Å². The Kier molecular flexibility index (Phi) is 5.59. The Hall–Kier alpha value is -1.33. The molecule has 5 N–H and O–H groups in total. The first-order chi connectivity index (χ1) is 14.1. The van der Waals surface area contributed by atoms with Gasteiger partial charge in [0.2, 0.25) is 0 Å². The van der Waals surface area contributed by atoms with Crippen molar-refractivity contribution < 1.29 is 44.5 Å². The number of aliphatic hydroxyl groups is 5. The third-order valence-electron chi connectivity index (χ3n) is 7.32. The molecular weight excluding hydrogens is 396 g/mol. The molecule has 2 aliphatic heterocycles. The first-order valence-electron chi connectivity index (χ1n) is 10.3. The van der Waals surface area contributed by atoms with Gasteiger partial charge in [-0.1, -0.05) is 18.7 Å². The van der Waals surface area contributed by atoms with Gasteiger partial charge in [0, 0.05) is 11.8 Å². The second kappa shape index (κ2) is 7.67. The van der Waals surface area contributed by atoms with E-state index in [1.54, 1.807) is 0 Å². The molecule has 2 saturated heterocycles. The molecule has 9 heteroatoms. The van der Waals surface area contributed by atoms with E-state index in [-0.39, 0.29) is 17.8 Å². The lowest BCUT2D eigenvalue weighted by molar-refractivity contribution is -0.308. The minimum atomic E-state index is -1.57. The third kappa shape index (κ3) is 3.24. The average molecular weight is 426 g/mol. The monoisotopic (exact) mass is 426 g/mol. The van der Waals surface area contributed by atoms with Crippen LogP contribution in [0.1, 0.15) is 26.2 Å². The lowest BCUT2D eigenvalue weighted by atomic mass is 9.78. The molecule has 2 aliphatic carbocycles. The summed E-state index contributed by atoms with van der Waals surface area (Å²) in [6.45, 7) is 9.27. The standard InChI is InChI=1S/C21H30O9/c1-8-4-5-11-18(30-20(26)21(11,3)27)14-9(2)12(6-10(8)14)28-19-17(25)16(24)15(23)13(7-22)29-19/h10-19,22-25,27H,1-2,4-7H2,3H3/t10-,11+,12-,13-,14-,15-,16+,17-,18-,19-,21-/m1/s1. The van der Waals surface area contributed by atoms with Gasteiger partial charge in [0.25, 0.3) is 0 Å². The normalized spacial score (nSPS) is 51.3. The van der Waals surface area contributed by atoms with Gasteiger partial charge in [0.15, 0.2) is 11.9 Å². The van der Waals surface area contributed by atoms with Crippen molar-refractivity contribution in [2.24, 2.45) is 17.8 Å². The quantitative estimate of drug-likeness (QED) is 0.283. The van der Waals surface area contributed by atoms with Gasteiger partial charge in [0.05, 0.1) is 12.7 Å². The Bertz CT molecular complexity index is 732. The zero-order valence-corrected chi connectivity index (χ0v) is 16.9. The van der Waals surface area contributed by atoms with Crippen LogP contribution >= 0.6 is 0 Å². The first kappa shape index (κ1) is 21.9. The second-order valence-electron chi connectivity index (χ2n) is 9.09. The Morgan fingerprint density at radius 3 is 2.57 bits per heavy atom. The van der Waals surface area contributed by atoms with Gasteiger partial charge in [-0.05, 0) is 37.7 Å². The van der Waals surface area contributed by atoms with Gasteiger partial charge in [0.1, 0.15) is 30.5 Å². The van der Waals surface area contributed by atoms with Crippen LogP contribution in [0.15, 0.2) is 24.3 Å². The van der Waals surface area contributed by atoms with Crippen molar-refractivity contribution in [1.29, 1.82) is 0 Å². The van der Waals surface area contributed by atoms with E-state index in [1.165, 1.54) is 6.92 Å². The van der Waals surface area contributed by atoms with Crippen LogP contribution in [0.25, 0.3) is 0 Å². The maximum absolute atomic E-state index is 12.2. The highest BCUT2D eigenvalue weighted by atomic mass is 16.7. The largest absolute Gasteiger partial charge is 0.459 e. The highest BCUT2D eigenvalue weighted by Crippen LogP contribution is 2.54. The van der Waals surface area contributed by atoms with Crippen LogP contribution in [0.3, 0.4) is 0 Å². The number of hydrogen-bond donors (Lipinski definition) is 5. The third-order valence-corrected chi connectivity index (χ3v) is 7.32. The topological polar surface area (TPSA) is 146 Å². The Morgan fingerprint density at radius 2 is 1.90 bits per heavy atom. The molecule has 4 fully saturated rings. The molecule has 168 valence electrons. The maximum atomic E-state index is 12.2. The summed E-state index contributed by atoms with van der Waals surface area (Å²) in [5.41, 5.74) is 0.0267. The molecule has 0 radical (unpaired) electrons. The highest BCUT2D eigenvalue weighted by Gasteiger charge is 2.60. The van der Waals surface area contributed by atoms with Crippen molar-refractivity contribution in [1.82, 2.24) is 0 Å². The van der Waals surface area contributed by atoms with Crippen molar-refractivity contribution in [2.45, 2.75) is 74.7 Å². The van der Waals surface area contributed by atoms with Crippen molar-refractivity contribution in [2.75, 3.05) is 6.61 Å². The van der Waals surface area contributed by atoms with Crippen LogP contribution in [0.2, 0.25) is 0 Å². The van der Waals surface area contributed by atoms with E-state index in [9.17, 15) is 30.3 Å². The van der Waals surface area contributed by atoms with Crippen LogP contribution in [0.5, 0.6) is 0 Å². The summed E-state index contributed by atoms with van der Waals surface area (Å²) in [5.74, 6) is -1.41. The van der Waals surface area contributed by atoms with E-state index in [2.05, 4.69) is 13.2 Å². The van der Waals surface area contributed by atoms with E-state index in [0.717, 1.165) is 5.57 Å². The zero-order chi connectivity index (χ0) is 22.0. The minimum absolute atomic E-state index is 0.0796. The highest BCUT2D eigenvalue weighted by molar-refractivity contribution is 5.82. The lowest BCUT2D eigenvalue weighted by Gasteiger charge is -2.40. The van der Waals surface area contributed by atoms with Crippen LogP contribution in [0, 0.1) is 17.8 Å². The molecular formula is C21H30O9. The molecule has 4 rings (SSSR count). The number of hydrogen-bond acceptors (Lipinski definition) is 9. The molecule has 0 aromatic rings. The number of allylic oxidation sites excluding steroid dienone is 1. The van der Waals surface area contributed by atoms with E-state index in [4.69, 9.17) is 14.2 Å². The summed E-state index contributed by atoms with van der Waals surface area (Å²) in [6, 6.07) is 0. The Morgan fingerprint density at radius 1 is 1.20 bits per heavy atom. The summed E-state index contributed by atoms with van der Waals surface area (Å²) in [6.07, 6.45) is -6.30. The van der Waals surface area contributed by atoms with Crippen molar-refractivity contribution in [3.8, 4) is 0 Å². The van der Waals surface area contributed by atoms with E-state index in [0.29, 0.717) is 24.8 Å². The summed E-state index contributed by atoms with van der Waals surface area (Å²) in [7, 11) is 0. The molecule has 0 amide bonds. The maximum Gasteiger partial charge on any atom is 0.338 e. The van der Waals surface area contributed by atoms with Gasteiger partial charge < -0.3 is 39.7 Å². The minimum Gasteiger partial charge on any atom is -0.459 e. The fourth-order valence-electron chi connectivity index (χ4n) is 5.44. The van der Waals surface area contributed by atoms with Gasteiger partial charge in [-0.3, -0.25) is 0 Å². The number of ether oxygens (including phenoxy) is 3. The van der Waals surface area contributed by atoms with Gasteiger partial charge in [-0.15, -0.1) is 0 Å². The molecule has 0 bridgehead atoms. The molecule has 9 nitrogen and oxygen atoms in total. The van der Waals surface area contributed by atoms with Crippen molar-refractivity contribution in [3.63, 3.8) is 0 Å². The predicted octanol–water partition coefficient (Wildman–Crippen LogP) is -0.994. The number of carbonyl (C=O) groups is 1. The average Bonchev–Trinajstić information content (AvgIpc) is 3.07. The molecule has 0 spiro atoms. The van der Waals surface area contributed by atoms with Crippen molar-refractivity contribution >= 4 is 5.97 Å². The summed E-state index contributed by atoms with van der Waals surface area (Å²) in [4.78, 5) is 12.2. The molecule has 0 unspecified atom stereocenters. The lowest BCUT2D eigenvalue weighted by Crippen LogP contribution is -2.59. The predicted molar refractivity (Wildman–Crippen MR) is 102 cm³/mol. The molecule has 2 heterocycles. The smallest absolute Gasteiger partial charge is 0.338 e. The number of esters is 1. The molecule has 11 atom stereocenters. The van der Waals surface area contributed by atoms with Crippen LogP contribution in [-0.4, -0.2) is 86.6 Å². The fraction of sp³-hybridized carbons (Fsp3) is 0.762. The molecule has 2 saturated carbocycles. The SMILES string of the molecule is C=C1CC[C@H]2[C@@H](OC(=O)[C@]2(C)O)[C@@H]2C(=C)[C@H](O[C@@H]3O[C@H](CO)[C@@H](O)[C@H](O)[C@H]3O)C[C@H]12. The Balaban J connectivity index is 1.55. The number of rotatable bonds is 3. The summed E-state index contributed by atoms with van der Waals surface area (Å²) in [5, 5.41) is 50.3. The van der Waals surface area contributed by atoms with Gasteiger partial charge in [-0.2, -0.15) is 0 Å². The zero-order valence-electron chi connectivity index (χ0n) is 16.9. The van der Waals surface area contributed by atoms with Crippen LogP contribution in [-0.2, 0) is 19.0 Å². The first-order valence-corrected chi connectivity index (χ1v) is 10.3.